The van der Waals surface area contributed by atoms with E-state index in [-0.39, 0.29) is 19.6 Å². The fourth-order valence-corrected chi connectivity index (χ4v) is 4.45. The molecule has 1 amide bonds. The van der Waals surface area contributed by atoms with Gasteiger partial charge in [0.15, 0.2) is 0 Å². The minimum absolute atomic E-state index is 0.0124. The minimum atomic E-state index is -1.06. The minimum Gasteiger partial charge on any atom is -0.444 e. The van der Waals surface area contributed by atoms with Crippen molar-refractivity contribution >= 4 is 5.91 Å². The van der Waals surface area contributed by atoms with Crippen LogP contribution in [0.5, 0.6) is 0 Å². The molecule has 0 unspecified atom stereocenters. The number of carbonyl (C=O) groups is 1. The van der Waals surface area contributed by atoms with Crippen molar-refractivity contribution in [2.75, 3.05) is 13.2 Å². The molecule has 4 N–H and O–H groups in total. The van der Waals surface area contributed by atoms with Crippen LogP contribution in [-0.4, -0.2) is 46.4 Å². The molecule has 1 heterocycles. The van der Waals surface area contributed by atoms with Gasteiger partial charge in [-0.05, 0) is 59.9 Å². The molecule has 0 aliphatic heterocycles. The molecule has 4 rings (SSSR count). The van der Waals surface area contributed by atoms with Gasteiger partial charge in [0.1, 0.15) is 17.9 Å². The standard InChI is InChI=1S/C31H33F2N3O4/c1-2-20-5-3-6-21(11-20)17-34-18-29(38)28(14-22-12-25(32)16-26(33)13-22)36-30(39)23-7-4-8-24(15-23)31-35-27(9-10-37)19-40-31/h3-8,11-13,15-16,19,28-29,34,37-38H,2,9-10,14,17-18H2,1H3,(H,36,39)/t28-,29-/m0/s1. The largest absolute Gasteiger partial charge is 0.444 e. The Labute approximate surface area is 231 Å². The highest BCUT2D eigenvalue weighted by Gasteiger charge is 2.23. The first kappa shape index (κ1) is 29.1. The first-order chi connectivity index (χ1) is 19.3. The average Bonchev–Trinajstić information content (AvgIpc) is 3.41. The van der Waals surface area contributed by atoms with Crippen molar-refractivity contribution in [2.45, 2.75) is 44.9 Å². The van der Waals surface area contributed by atoms with Crippen molar-refractivity contribution in [2.24, 2.45) is 0 Å². The van der Waals surface area contributed by atoms with E-state index in [0.29, 0.717) is 41.2 Å². The SMILES string of the molecule is CCc1cccc(CNC[C@H](O)[C@H](Cc2cc(F)cc(F)c2)NC(=O)c2cccc(-c3nc(CCO)co3)c2)c1. The molecule has 9 heteroatoms. The number of oxazole rings is 1. The lowest BCUT2D eigenvalue weighted by Crippen LogP contribution is -2.48. The smallest absolute Gasteiger partial charge is 0.251 e. The predicted octanol–water partition coefficient (Wildman–Crippen LogP) is 4.21. The van der Waals surface area contributed by atoms with Gasteiger partial charge in [-0.25, -0.2) is 13.8 Å². The normalized spacial score (nSPS) is 12.7. The van der Waals surface area contributed by atoms with E-state index < -0.39 is 29.7 Å². The van der Waals surface area contributed by atoms with E-state index in [4.69, 9.17) is 9.52 Å². The molecule has 0 fully saturated rings. The summed E-state index contributed by atoms with van der Waals surface area (Å²) in [5.74, 6) is -1.63. The lowest BCUT2D eigenvalue weighted by Gasteiger charge is -2.25. The lowest BCUT2D eigenvalue weighted by atomic mass is 9.99. The van der Waals surface area contributed by atoms with Gasteiger partial charge in [-0.15, -0.1) is 0 Å². The van der Waals surface area contributed by atoms with Crippen molar-refractivity contribution < 1.29 is 28.2 Å². The van der Waals surface area contributed by atoms with E-state index in [1.807, 2.05) is 18.2 Å². The Morgan fingerprint density at radius 2 is 1.75 bits per heavy atom. The van der Waals surface area contributed by atoms with E-state index in [0.717, 1.165) is 18.1 Å². The van der Waals surface area contributed by atoms with Gasteiger partial charge in [-0.1, -0.05) is 37.3 Å². The second kappa shape index (κ2) is 13.9. The zero-order valence-electron chi connectivity index (χ0n) is 22.2. The fourth-order valence-electron chi connectivity index (χ4n) is 4.45. The summed E-state index contributed by atoms with van der Waals surface area (Å²) in [5.41, 5.74) is 4.03. The summed E-state index contributed by atoms with van der Waals surface area (Å²) >= 11 is 0. The molecule has 0 saturated heterocycles. The molecule has 4 aromatic rings. The summed E-state index contributed by atoms with van der Waals surface area (Å²) < 4.78 is 33.2. The molecule has 0 radical (unpaired) electrons. The van der Waals surface area contributed by atoms with Gasteiger partial charge in [0.2, 0.25) is 5.89 Å². The van der Waals surface area contributed by atoms with Crippen LogP contribution < -0.4 is 10.6 Å². The third-order valence-corrected chi connectivity index (χ3v) is 6.53. The van der Waals surface area contributed by atoms with Crippen LogP contribution in [0.25, 0.3) is 11.5 Å². The van der Waals surface area contributed by atoms with E-state index in [9.17, 15) is 18.7 Å². The topological polar surface area (TPSA) is 108 Å². The average molecular weight is 550 g/mol. The van der Waals surface area contributed by atoms with E-state index in [2.05, 4.69) is 28.6 Å². The third-order valence-electron chi connectivity index (χ3n) is 6.53. The maximum absolute atomic E-state index is 13.9. The molecule has 0 aliphatic carbocycles. The molecular formula is C31H33F2N3O4. The molecule has 0 bridgehead atoms. The van der Waals surface area contributed by atoms with E-state index in [1.54, 1.807) is 24.3 Å². The Hall–Kier alpha value is -3.92. The number of aromatic nitrogens is 1. The second-order valence-electron chi connectivity index (χ2n) is 9.63. The molecule has 210 valence electrons. The number of nitrogens with zero attached hydrogens (tertiary/aromatic N) is 1. The van der Waals surface area contributed by atoms with Gasteiger partial charge in [0, 0.05) is 43.3 Å². The Morgan fingerprint density at radius 1 is 1.00 bits per heavy atom. The molecule has 3 aromatic carbocycles. The lowest BCUT2D eigenvalue weighted by molar-refractivity contribution is 0.0830. The quantitative estimate of drug-likeness (QED) is 0.199. The van der Waals surface area contributed by atoms with Gasteiger partial charge in [-0.2, -0.15) is 0 Å². The Balaban J connectivity index is 1.48. The summed E-state index contributed by atoms with van der Waals surface area (Å²) in [7, 11) is 0. The summed E-state index contributed by atoms with van der Waals surface area (Å²) in [6, 6.07) is 17.0. The fraction of sp³-hybridized carbons (Fsp3) is 0.290. The molecule has 1 aromatic heterocycles. The molecule has 0 spiro atoms. The monoisotopic (exact) mass is 549 g/mol. The van der Waals surface area contributed by atoms with Crippen LogP contribution in [0, 0.1) is 11.6 Å². The maximum Gasteiger partial charge on any atom is 0.251 e. The summed E-state index contributed by atoms with van der Waals surface area (Å²) in [5, 5.41) is 26.2. The van der Waals surface area contributed by atoms with Crippen LogP contribution in [-0.2, 0) is 25.8 Å². The van der Waals surface area contributed by atoms with Gasteiger partial charge >= 0.3 is 0 Å². The van der Waals surface area contributed by atoms with Crippen LogP contribution in [0.4, 0.5) is 8.78 Å². The van der Waals surface area contributed by atoms with Gasteiger partial charge < -0.3 is 25.3 Å². The summed E-state index contributed by atoms with van der Waals surface area (Å²) in [6.45, 7) is 2.67. The van der Waals surface area contributed by atoms with Crippen LogP contribution in [0.15, 0.2) is 77.4 Å². The number of halogens is 2. The first-order valence-electron chi connectivity index (χ1n) is 13.2. The molecule has 2 atom stereocenters. The molecule has 40 heavy (non-hydrogen) atoms. The summed E-state index contributed by atoms with van der Waals surface area (Å²) in [4.78, 5) is 17.6. The van der Waals surface area contributed by atoms with Crippen LogP contribution in [0.1, 0.15) is 39.7 Å². The number of amides is 1. The highest BCUT2D eigenvalue weighted by molar-refractivity contribution is 5.95. The maximum atomic E-state index is 13.9. The number of rotatable bonds is 13. The van der Waals surface area contributed by atoms with Crippen LogP contribution in [0.3, 0.4) is 0 Å². The van der Waals surface area contributed by atoms with Crippen molar-refractivity contribution in [3.63, 3.8) is 0 Å². The van der Waals surface area contributed by atoms with E-state index >= 15 is 0 Å². The van der Waals surface area contributed by atoms with E-state index in [1.165, 1.54) is 24.0 Å². The zero-order chi connectivity index (χ0) is 28.5. The highest BCUT2D eigenvalue weighted by Crippen LogP contribution is 2.21. The number of aryl methyl sites for hydroxylation is 1. The van der Waals surface area contributed by atoms with Gasteiger partial charge in [-0.3, -0.25) is 4.79 Å². The van der Waals surface area contributed by atoms with Gasteiger partial charge in [0.05, 0.1) is 17.8 Å². The van der Waals surface area contributed by atoms with Crippen LogP contribution in [0.2, 0.25) is 0 Å². The van der Waals surface area contributed by atoms with Crippen molar-refractivity contribution in [3.05, 3.63) is 113 Å². The third kappa shape index (κ3) is 8.05. The molecule has 0 aliphatic rings. The number of hydrogen-bond acceptors (Lipinski definition) is 6. The number of benzene rings is 3. The van der Waals surface area contributed by atoms with Crippen molar-refractivity contribution in [3.8, 4) is 11.5 Å². The predicted molar refractivity (Wildman–Crippen MR) is 148 cm³/mol. The number of hydrogen-bond donors (Lipinski definition) is 4. The Morgan fingerprint density at radius 3 is 2.50 bits per heavy atom. The number of nitrogens with one attached hydrogen (secondary N) is 2. The number of carbonyl (C=O) groups excluding carboxylic acids is 1. The second-order valence-corrected chi connectivity index (χ2v) is 9.63. The molecule has 0 saturated carbocycles. The Kier molecular flexibility index (Phi) is 10.1. The first-order valence-corrected chi connectivity index (χ1v) is 13.2. The molecular weight excluding hydrogens is 516 g/mol. The Bertz CT molecular complexity index is 1400. The van der Waals surface area contributed by atoms with Gasteiger partial charge in [0.25, 0.3) is 5.91 Å². The number of aliphatic hydroxyl groups excluding tert-OH is 2. The summed E-state index contributed by atoms with van der Waals surface area (Å²) in [6.07, 6.45) is 1.67. The van der Waals surface area contributed by atoms with Crippen LogP contribution >= 0.6 is 0 Å². The zero-order valence-corrected chi connectivity index (χ0v) is 22.2. The van der Waals surface area contributed by atoms with Crippen molar-refractivity contribution in [1.29, 1.82) is 0 Å². The highest BCUT2D eigenvalue weighted by atomic mass is 19.1. The molecule has 7 nitrogen and oxygen atoms in total. The van der Waals surface area contributed by atoms with Crippen molar-refractivity contribution in [1.82, 2.24) is 15.6 Å². The number of aliphatic hydroxyl groups is 2.